The van der Waals surface area contributed by atoms with Crippen molar-refractivity contribution in [1.29, 1.82) is 0 Å². The SMILES string of the molecule is O=C([O-])[C@H]1CCCN1c1nc(C(F)(F)F)nc2ccccc12. The third-order valence-corrected chi connectivity index (χ3v) is 3.63. The van der Waals surface area contributed by atoms with Crippen LogP contribution in [-0.4, -0.2) is 28.5 Å². The molecular weight excluding hydrogens is 299 g/mol. The fourth-order valence-corrected chi connectivity index (χ4v) is 2.67. The lowest BCUT2D eigenvalue weighted by Gasteiger charge is -2.27. The van der Waals surface area contributed by atoms with Gasteiger partial charge < -0.3 is 14.8 Å². The number of carboxylic acids is 1. The molecule has 1 aromatic carbocycles. The maximum atomic E-state index is 13.0. The molecule has 0 radical (unpaired) electrons. The molecule has 0 spiro atoms. The number of para-hydroxylation sites is 1. The normalized spacial score (nSPS) is 18.9. The fraction of sp³-hybridized carbons (Fsp3) is 0.357. The van der Waals surface area contributed by atoms with Crippen molar-refractivity contribution in [3.8, 4) is 0 Å². The number of halogens is 3. The third kappa shape index (κ3) is 2.44. The molecule has 0 amide bonds. The van der Waals surface area contributed by atoms with E-state index in [4.69, 9.17) is 0 Å². The van der Waals surface area contributed by atoms with Gasteiger partial charge in [-0.15, -0.1) is 0 Å². The van der Waals surface area contributed by atoms with Gasteiger partial charge in [-0.2, -0.15) is 13.2 Å². The van der Waals surface area contributed by atoms with Crippen LogP contribution < -0.4 is 10.0 Å². The number of fused-ring (bicyclic) bond motifs is 1. The van der Waals surface area contributed by atoms with Crippen molar-refractivity contribution < 1.29 is 23.1 Å². The molecule has 3 rings (SSSR count). The first kappa shape index (κ1) is 14.6. The Morgan fingerprint density at radius 2 is 2.00 bits per heavy atom. The van der Waals surface area contributed by atoms with Gasteiger partial charge in [0, 0.05) is 11.9 Å². The topological polar surface area (TPSA) is 69.2 Å². The quantitative estimate of drug-likeness (QED) is 0.838. The molecule has 8 heteroatoms. The molecule has 1 fully saturated rings. The van der Waals surface area contributed by atoms with Gasteiger partial charge in [-0.3, -0.25) is 0 Å². The minimum atomic E-state index is -4.70. The van der Waals surface area contributed by atoms with Gasteiger partial charge in [0.1, 0.15) is 5.82 Å². The molecule has 2 aromatic rings. The van der Waals surface area contributed by atoms with E-state index in [1.165, 1.54) is 11.0 Å². The molecule has 22 heavy (non-hydrogen) atoms. The highest BCUT2D eigenvalue weighted by molar-refractivity contribution is 5.91. The molecule has 0 unspecified atom stereocenters. The van der Waals surface area contributed by atoms with Crippen LogP contribution in [0.4, 0.5) is 19.0 Å². The molecule has 1 aliphatic heterocycles. The van der Waals surface area contributed by atoms with Gasteiger partial charge in [0.15, 0.2) is 0 Å². The van der Waals surface area contributed by atoms with E-state index in [0.717, 1.165) is 0 Å². The molecule has 1 aliphatic rings. The first-order valence-corrected chi connectivity index (χ1v) is 6.69. The number of hydrogen-bond donors (Lipinski definition) is 0. The van der Waals surface area contributed by atoms with Crippen LogP contribution >= 0.6 is 0 Å². The zero-order valence-corrected chi connectivity index (χ0v) is 11.3. The van der Waals surface area contributed by atoms with E-state index < -0.39 is 24.0 Å². The third-order valence-electron chi connectivity index (χ3n) is 3.63. The number of nitrogens with zero attached hydrogens (tertiary/aromatic N) is 3. The Balaban J connectivity index is 2.21. The summed E-state index contributed by atoms with van der Waals surface area (Å²) in [7, 11) is 0. The van der Waals surface area contributed by atoms with Gasteiger partial charge in [-0.25, -0.2) is 9.97 Å². The van der Waals surface area contributed by atoms with Crippen LogP contribution in [0.2, 0.25) is 0 Å². The lowest BCUT2D eigenvalue weighted by Crippen LogP contribution is -2.45. The summed E-state index contributed by atoms with van der Waals surface area (Å²) in [5.74, 6) is -2.59. The Hall–Kier alpha value is -2.38. The van der Waals surface area contributed by atoms with Crippen molar-refractivity contribution in [3.05, 3.63) is 30.1 Å². The molecule has 1 saturated heterocycles. The molecule has 116 valence electrons. The van der Waals surface area contributed by atoms with Crippen LogP contribution in [0.25, 0.3) is 10.9 Å². The summed E-state index contributed by atoms with van der Waals surface area (Å²) in [5, 5.41) is 11.6. The maximum Gasteiger partial charge on any atom is 0.451 e. The van der Waals surface area contributed by atoms with Crippen molar-refractivity contribution in [3.63, 3.8) is 0 Å². The molecule has 5 nitrogen and oxygen atoms in total. The number of carbonyl (C=O) groups excluding carboxylic acids is 1. The number of rotatable bonds is 2. The Morgan fingerprint density at radius 1 is 1.27 bits per heavy atom. The Bertz CT molecular complexity index is 733. The lowest BCUT2D eigenvalue weighted by molar-refractivity contribution is -0.307. The van der Waals surface area contributed by atoms with Crippen LogP contribution in [0, 0.1) is 0 Å². The minimum Gasteiger partial charge on any atom is -0.548 e. The van der Waals surface area contributed by atoms with E-state index in [9.17, 15) is 23.1 Å². The highest BCUT2D eigenvalue weighted by atomic mass is 19.4. The predicted octanol–water partition coefficient (Wildman–Crippen LogP) is 1.37. The van der Waals surface area contributed by atoms with Gasteiger partial charge in [0.05, 0.1) is 17.5 Å². The highest BCUT2D eigenvalue weighted by Gasteiger charge is 2.37. The van der Waals surface area contributed by atoms with Crippen LogP contribution in [0.1, 0.15) is 18.7 Å². The number of hydrogen-bond acceptors (Lipinski definition) is 5. The van der Waals surface area contributed by atoms with Crippen molar-refractivity contribution >= 4 is 22.7 Å². The molecule has 0 saturated carbocycles. The standard InChI is InChI=1S/C14H12F3N3O2/c15-14(16,17)13-18-9-5-2-1-4-8(9)11(19-13)20-7-3-6-10(20)12(21)22/h1-2,4-5,10H,3,6-7H2,(H,21,22)/p-1/t10-/m1/s1. The second-order valence-electron chi connectivity index (χ2n) is 5.06. The van der Waals surface area contributed by atoms with Crippen molar-refractivity contribution in [2.75, 3.05) is 11.4 Å². The second-order valence-corrected chi connectivity index (χ2v) is 5.06. The predicted molar refractivity (Wildman–Crippen MR) is 69.9 cm³/mol. The molecule has 0 N–H and O–H groups in total. The van der Waals surface area contributed by atoms with E-state index in [0.29, 0.717) is 24.8 Å². The van der Waals surface area contributed by atoms with E-state index in [1.54, 1.807) is 18.2 Å². The molecule has 0 aliphatic carbocycles. The number of aliphatic carboxylic acids is 1. The van der Waals surface area contributed by atoms with E-state index in [-0.39, 0.29) is 11.3 Å². The van der Waals surface area contributed by atoms with Crippen molar-refractivity contribution in [1.82, 2.24) is 9.97 Å². The summed E-state index contributed by atoms with van der Waals surface area (Å²) in [4.78, 5) is 19.6. The maximum absolute atomic E-state index is 13.0. The lowest BCUT2D eigenvalue weighted by atomic mass is 10.2. The van der Waals surface area contributed by atoms with Crippen molar-refractivity contribution in [2.45, 2.75) is 25.1 Å². The fourth-order valence-electron chi connectivity index (χ4n) is 2.67. The summed E-state index contributed by atoms with van der Waals surface area (Å²) >= 11 is 0. The monoisotopic (exact) mass is 310 g/mol. The first-order chi connectivity index (χ1) is 10.4. The zero-order chi connectivity index (χ0) is 15.9. The summed E-state index contributed by atoms with van der Waals surface area (Å²) in [6, 6.07) is 5.26. The average molecular weight is 310 g/mol. The highest BCUT2D eigenvalue weighted by Crippen LogP contribution is 2.34. The minimum absolute atomic E-state index is 0.00961. The number of alkyl halides is 3. The number of benzene rings is 1. The smallest absolute Gasteiger partial charge is 0.451 e. The molecule has 1 aromatic heterocycles. The average Bonchev–Trinajstić information content (AvgIpc) is 2.94. The van der Waals surface area contributed by atoms with E-state index in [2.05, 4.69) is 9.97 Å². The van der Waals surface area contributed by atoms with E-state index >= 15 is 0 Å². The largest absolute Gasteiger partial charge is 0.548 e. The second kappa shape index (κ2) is 5.11. The summed E-state index contributed by atoms with van der Waals surface area (Å²) < 4.78 is 38.9. The van der Waals surface area contributed by atoms with Gasteiger partial charge >= 0.3 is 6.18 Å². The number of aromatic nitrogens is 2. The van der Waals surface area contributed by atoms with Crippen LogP contribution in [0.15, 0.2) is 24.3 Å². The summed E-state index contributed by atoms with van der Waals surface area (Å²) in [6.07, 6.45) is -3.82. The van der Waals surface area contributed by atoms with Crippen molar-refractivity contribution in [2.24, 2.45) is 0 Å². The molecule has 0 bridgehead atoms. The number of carboxylic acid groups (broad SMARTS) is 1. The summed E-state index contributed by atoms with van der Waals surface area (Å²) in [5.41, 5.74) is 0.129. The van der Waals surface area contributed by atoms with E-state index in [1.807, 2.05) is 0 Å². The Kier molecular flexibility index (Phi) is 3.38. The molecular formula is C14H11F3N3O2-. The summed E-state index contributed by atoms with van der Waals surface area (Å²) in [6.45, 7) is 0.316. The van der Waals surface area contributed by atoms with Crippen LogP contribution in [-0.2, 0) is 11.0 Å². The van der Waals surface area contributed by atoms with Crippen LogP contribution in [0.5, 0.6) is 0 Å². The Morgan fingerprint density at radius 3 is 2.68 bits per heavy atom. The van der Waals surface area contributed by atoms with Crippen LogP contribution in [0.3, 0.4) is 0 Å². The number of carbonyl (C=O) groups is 1. The van der Waals surface area contributed by atoms with Gasteiger partial charge in [-0.05, 0) is 25.0 Å². The molecule has 1 atom stereocenters. The number of anilines is 1. The van der Waals surface area contributed by atoms with Gasteiger partial charge in [0.25, 0.3) is 0 Å². The zero-order valence-electron chi connectivity index (χ0n) is 11.3. The Labute approximate surface area is 123 Å². The van der Waals surface area contributed by atoms with Gasteiger partial charge in [-0.1, -0.05) is 12.1 Å². The van der Waals surface area contributed by atoms with Gasteiger partial charge in [0.2, 0.25) is 5.82 Å². The molecule has 2 heterocycles. The first-order valence-electron chi connectivity index (χ1n) is 6.69.